The number of hydrogen-bond donors (Lipinski definition) is 0. The molecule has 29 heavy (non-hydrogen) atoms. The molecule has 0 radical (unpaired) electrons. The highest BCUT2D eigenvalue weighted by atomic mass is 14.0. The molecule has 0 atom stereocenters. The third-order valence-corrected chi connectivity index (χ3v) is 3.07. The van der Waals surface area contributed by atoms with Gasteiger partial charge in [-0.15, -0.1) is 0 Å². The van der Waals surface area contributed by atoms with Crippen molar-refractivity contribution in [2.24, 2.45) is 0 Å². The summed E-state index contributed by atoms with van der Waals surface area (Å²) in [6.07, 6.45) is 6.15. The smallest absolute Gasteiger partial charge is 0.0184 e. The molecule has 164 valence electrons. The first-order valence-corrected chi connectivity index (χ1v) is 11.4. The zero-order chi connectivity index (χ0) is 23.5. The van der Waals surface area contributed by atoms with Crippen LogP contribution < -0.4 is 0 Å². The minimum atomic E-state index is 1.14. The predicted molar refractivity (Wildman–Crippen MR) is 141 cm³/mol. The van der Waals surface area contributed by atoms with Crippen LogP contribution in [0.15, 0.2) is 85.5 Å². The first-order chi connectivity index (χ1) is 14.3. The lowest BCUT2D eigenvalue weighted by molar-refractivity contribution is 1.50. The predicted octanol–water partition coefficient (Wildman–Crippen LogP) is 10.5. The van der Waals surface area contributed by atoms with Gasteiger partial charge in [-0.3, -0.25) is 0 Å². The summed E-state index contributed by atoms with van der Waals surface area (Å²) in [7, 11) is 0. The van der Waals surface area contributed by atoms with Crippen LogP contribution in [0.3, 0.4) is 0 Å². The molecule has 0 heteroatoms. The quantitative estimate of drug-likeness (QED) is 0.451. The average molecular weight is 397 g/mol. The summed E-state index contributed by atoms with van der Waals surface area (Å²) in [5.74, 6) is 0. The maximum absolute atomic E-state index is 3.89. The zero-order valence-electron chi connectivity index (χ0n) is 21.2. The van der Waals surface area contributed by atoms with Crippen molar-refractivity contribution < 1.29 is 0 Å². The van der Waals surface area contributed by atoms with Crippen LogP contribution in [0.4, 0.5) is 0 Å². The van der Waals surface area contributed by atoms with Crippen molar-refractivity contribution in [3.63, 3.8) is 0 Å². The molecule has 0 aliphatic carbocycles. The lowest BCUT2D eigenvalue weighted by Crippen LogP contribution is -1.80. The highest BCUT2D eigenvalue weighted by Gasteiger charge is 1.96. The van der Waals surface area contributed by atoms with Crippen LogP contribution in [0.25, 0.3) is 11.1 Å². The van der Waals surface area contributed by atoms with E-state index in [4.69, 9.17) is 0 Å². The van der Waals surface area contributed by atoms with E-state index in [0.717, 1.165) is 5.57 Å². The van der Waals surface area contributed by atoms with Gasteiger partial charge in [0.25, 0.3) is 0 Å². The van der Waals surface area contributed by atoms with Crippen LogP contribution in [0.1, 0.15) is 87.3 Å². The van der Waals surface area contributed by atoms with Crippen LogP contribution in [0.5, 0.6) is 0 Å². The molecule has 0 saturated heterocycles. The first-order valence-electron chi connectivity index (χ1n) is 11.4. The summed E-state index contributed by atoms with van der Waals surface area (Å²) in [5, 5.41) is 0. The van der Waals surface area contributed by atoms with E-state index in [1.807, 2.05) is 99.6 Å². The molecule has 0 aliphatic rings. The molecular weight excluding hydrogens is 348 g/mol. The highest BCUT2D eigenvalue weighted by molar-refractivity contribution is 5.77. The minimum Gasteiger partial charge on any atom is -0.0984 e. The van der Waals surface area contributed by atoms with E-state index in [1.165, 1.54) is 16.7 Å². The summed E-state index contributed by atoms with van der Waals surface area (Å²) < 4.78 is 0. The third kappa shape index (κ3) is 17.5. The van der Waals surface area contributed by atoms with E-state index in [2.05, 4.69) is 62.1 Å². The monoisotopic (exact) mass is 396 g/mol. The Morgan fingerprint density at radius 2 is 0.897 bits per heavy atom. The normalized spacial score (nSPS) is 9.07. The van der Waals surface area contributed by atoms with Crippen molar-refractivity contribution in [1.82, 2.24) is 0 Å². The Morgan fingerprint density at radius 1 is 0.552 bits per heavy atom. The third-order valence-electron chi connectivity index (χ3n) is 3.07. The van der Waals surface area contributed by atoms with Gasteiger partial charge in [-0.2, -0.15) is 0 Å². The van der Waals surface area contributed by atoms with Gasteiger partial charge in [-0.05, 0) is 29.2 Å². The van der Waals surface area contributed by atoms with Crippen molar-refractivity contribution in [3.8, 4) is 0 Å². The molecule has 2 aromatic carbocycles. The standard InChI is InChI=1S/C19H18.5C2H6/c1-3-17(19-12-8-5-9-13-19)15-14-16(2)18-10-6-4-7-11-18;5*1-2/h3-15H,1H2,2H3;5*1-2H3/b16-14+,17-15+;;;;;. The second-order valence-electron chi connectivity index (χ2n) is 4.41. The highest BCUT2D eigenvalue weighted by Crippen LogP contribution is 2.18. The Morgan fingerprint density at radius 3 is 1.24 bits per heavy atom. The minimum absolute atomic E-state index is 1.14. The van der Waals surface area contributed by atoms with Crippen molar-refractivity contribution in [3.05, 3.63) is 96.6 Å². The molecule has 0 aromatic heterocycles. The number of hydrogen-bond acceptors (Lipinski definition) is 0. The average Bonchev–Trinajstić information content (AvgIpc) is 2.87. The Hall–Kier alpha value is -2.34. The van der Waals surface area contributed by atoms with Crippen molar-refractivity contribution in [1.29, 1.82) is 0 Å². The fourth-order valence-electron chi connectivity index (χ4n) is 1.92. The summed E-state index contributed by atoms with van der Waals surface area (Å²) >= 11 is 0. The van der Waals surface area contributed by atoms with Crippen LogP contribution in [-0.4, -0.2) is 0 Å². The Kier molecular flexibility index (Phi) is 35.8. The maximum atomic E-state index is 3.89. The van der Waals surface area contributed by atoms with E-state index >= 15 is 0 Å². The molecule has 2 rings (SSSR count). The second-order valence-corrected chi connectivity index (χ2v) is 4.41. The lowest BCUT2D eigenvalue weighted by Gasteiger charge is -2.02. The van der Waals surface area contributed by atoms with Gasteiger partial charge in [-0.1, -0.05) is 155 Å². The van der Waals surface area contributed by atoms with Gasteiger partial charge in [0.1, 0.15) is 0 Å². The van der Waals surface area contributed by atoms with E-state index < -0.39 is 0 Å². The Labute approximate surface area is 184 Å². The molecule has 0 heterocycles. The second kappa shape index (κ2) is 30.4. The van der Waals surface area contributed by atoms with Crippen LogP contribution in [0.2, 0.25) is 0 Å². The van der Waals surface area contributed by atoms with Crippen molar-refractivity contribution in [2.45, 2.75) is 76.2 Å². The molecule has 0 fully saturated rings. The zero-order valence-corrected chi connectivity index (χ0v) is 21.2. The molecule has 0 unspecified atom stereocenters. The molecule has 0 N–H and O–H groups in total. The molecule has 0 bridgehead atoms. The summed E-state index contributed by atoms with van der Waals surface area (Å²) in [6.45, 7) is 26.0. The number of benzene rings is 2. The fourth-order valence-corrected chi connectivity index (χ4v) is 1.92. The maximum Gasteiger partial charge on any atom is -0.0184 e. The van der Waals surface area contributed by atoms with Crippen LogP contribution in [-0.2, 0) is 0 Å². The van der Waals surface area contributed by atoms with Crippen molar-refractivity contribution >= 4 is 11.1 Å². The van der Waals surface area contributed by atoms with E-state index in [9.17, 15) is 0 Å². The molecular formula is C29H48. The molecule has 0 nitrogen and oxygen atoms in total. The van der Waals surface area contributed by atoms with Gasteiger partial charge >= 0.3 is 0 Å². The SMILES string of the molecule is C=C/C(=C\C=C(/C)c1ccccc1)c1ccccc1.CC.CC.CC.CC.CC. The summed E-state index contributed by atoms with van der Waals surface area (Å²) in [4.78, 5) is 0. The van der Waals surface area contributed by atoms with Gasteiger partial charge in [0.15, 0.2) is 0 Å². The van der Waals surface area contributed by atoms with Gasteiger partial charge in [0, 0.05) is 0 Å². The number of rotatable bonds is 4. The molecule has 0 saturated carbocycles. The van der Waals surface area contributed by atoms with E-state index in [1.54, 1.807) is 0 Å². The number of allylic oxidation sites excluding steroid dienone is 5. The van der Waals surface area contributed by atoms with Crippen LogP contribution in [0, 0.1) is 0 Å². The van der Waals surface area contributed by atoms with Crippen LogP contribution >= 0.6 is 0 Å². The molecule has 2 aromatic rings. The van der Waals surface area contributed by atoms with E-state index in [-0.39, 0.29) is 0 Å². The lowest BCUT2D eigenvalue weighted by atomic mass is 10.0. The molecule has 0 aliphatic heterocycles. The van der Waals surface area contributed by atoms with Crippen molar-refractivity contribution in [2.75, 3.05) is 0 Å². The first kappa shape index (κ1) is 34.2. The van der Waals surface area contributed by atoms with Gasteiger partial charge < -0.3 is 0 Å². The van der Waals surface area contributed by atoms with Gasteiger partial charge in [0.05, 0.1) is 0 Å². The van der Waals surface area contributed by atoms with Gasteiger partial charge in [0.2, 0.25) is 0 Å². The summed E-state index contributed by atoms with van der Waals surface area (Å²) in [6, 6.07) is 20.7. The Balaban J connectivity index is -0.000000273. The largest absolute Gasteiger partial charge is 0.0984 e. The molecule has 0 amide bonds. The molecule has 0 spiro atoms. The summed E-state index contributed by atoms with van der Waals surface area (Å²) in [5.41, 5.74) is 4.82. The van der Waals surface area contributed by atoms with E-state index in [0.29, 0.717) is 0 Å². The topological polar surface area (TPSA) is 0 Å². The fraction of sp³-hybridized carbons (Fsp3) is 0.379. The Bertz CT molecular complexity index is 586. The van der Waals surface area contributed by atoms with Gasteiger partial charge in [-0.25, -0.2) is 0 Å².